The van der Waals surface area contributed by atoms with E-state index in [-0.39, 0.29) is 18.3 Å². The molecule has 1 aromatic carbocycles. The molecule has 0 fully saturated rings. The van der Waals surface area contributed by atoms with E-state index in [0.29, 0.717) is 23.3 Å². The van der Waals surface area contributed by atoms with Crippen LogP contribution in [0.25, 0.3) is 33.2 Å². The highest BCUT2D eigenvalue weighted by molar-refractivity contribution is 9.10. The number of halogens is 3. The van der Waals surface area contributed by atoms with Crippen LogP contribution in [0.3, 0.4) is 0 Å². The number of pyridine rings is 2. The molecule has 0 aliphatic heterocycles. The number of H-pyrrole nitrogens is 1. The minimum absolute atomic E-state index is 0.0401. The van der Waals surface area contributed by atoms with Gasteiger partial charge >= 0.3 is 6.09 Å². The van der Waals surface area contributed by atoms with Crippen molar-refractivity contribution in [3.05, 3.63) is 52.8 Å². The number of alkyl carbamates (subject to hydrolysis) is 1. The van der Waals surface area contributed by atoms with Gasteiger partial charge in [0.2, 0.25) is 0 Å². The van der Waals surface area contributed by atoms with Gasteiger partial charge in [-0.25, -0.2) is 23.5 Å². The molecule has 0 bridgehead atoms. The molecule has 0 saturated heterocycles. The van der Waals surface area contributed by atoms with Gasteiger partial charge in [0.25, 0.3) is 6.43 Å². The molecule has 3 aromatic heterocycles. The highest BCUT2D eigenvalue weighted by Gasteiger charge is 2.32. The zero-order chi connectivity index (χ0) is 28.5. The summed E-state index contributed by atoms with van der Waals surface area (Å²) in [5, 5.41) is 4.56. The predicted octanol–water partition coefficient (Wildman–Crippen LogP) is 8.19. The molecule has 0 saturated carbocycles. The highest BCUT2D eigenvalue weighted by Crippen LogP contribution is 2.37. The summed E-state index contributed by atoms with van der Waals surface area (Å²) in [7, 11) is 0. The molecule has 3 heterocycles. The first kappa shape index (κ1) is 28.7. The molecule has 2 N–H and O–H groups in total. The predicted molar refractivity (Wildman–Crippen MR) is 152 cm³/mol. The molecule has 1 amide bonds. The van der Waals surface area contributed by atoms with E-state index < -0.39 is 29.4 Å². The maximum Gasteiger partial charge on any atom is 0.408 e. The third kappa shape index (κ3) is 6.84. The molecule has 4 aromatic rings. The minimum Gasteiger partial charge on any atom is -0.489 e. The number of nitrogens with one attached hydrogen (secondary N) is 2. The number of carbonyl (C=O) groups is 1. The Kier molecular flexibility index (Phi) is 8.16. The van der Waals surface area contributed by atoms with Gasteiger partial charge in [-0.2, -0.15) is 0 Å². The molecule has 0 unspecified atom stereocenters. The van der Waals surface area contributed by atoms with E-state index in [1.54, 1.807) is 39.1 Å². The molecule has 0 aliphatic rings. The number of carbonyl (C=O) groups excluding carboxylic acids is 1. The van der Waals surface area contributed by atoms with Gasteiger partial charge in [-0.15, -0.1) is 0 Å². The van der Waals surface area contributed by atoms with Crippen molar-refractivity contribution in [2.75, 3.05) is 6.61 Å². The fraction of sp³-hybridized carbons (Fsp3) is 0.414. The fourth-order valence-electron chi connectivity index (χ4n) is 4.73. The van der Waals surface area contributed by atoms with Gasteiger partial charge in [-0.05, 0) is 76.4 Å². The molecule has 0 radical (unpaired) electrons. The first-order valence-corrected chi connectivity index (χ1v) is 13.5. The van der Waals surface area contributed by atoms with Gasteiger partial charge in [0.15, 0.2) is 0 Å². The third-order valence-electron chi connectivity index (χ3n) is 6.03. The second kappa shape index (κ2) is 11.1. The summed E-state index contributed by atoms with van der Waals surface area (Å²) in [6, 6.07) is 10.7. The topological polar surface area (TPSA) is 89.1 Å². The second-order valence-electron chi connectivity index (χ2n) is 11.4. The van der Waals surface area contributed by atoms with Crippen LogP contribution in [0.15, 0.2) is 47.1 Å². The Morgan fingerprint density at radius 2 is 1.87 bits per heavy atom. The van der Waals surface area contributed by atoms with Crippen molar-refractivity contribution < 1.29 is 23.0 Å². The Hall–Kier alpha value is -3.27. The zero-order valence-corrected chi connectivity index (χ0v) is 24.4. The van der Waals surface area contributed by atoms with Crippen LogP contribution in [-0.4, -0.2) is 38.8 Å². The molecular formula is C29H33BrF2N4O3. The molecule has 7 nitrogen and oxygen atoms in total. The lowest BCUT2D eigenvalue weighted by molar-refractivity contribution is 0.0404. The average molecular weight is 604 g/mol. The maximum atomic E-state index is 14.3. The summed E-state index contributed by atoms with van der Waals surface area (Å²) in [4.78, 5) is 24.5. The quantitative estimate of drug-likeness (QED) is 0.212. The Balaban J connectivity index is 1.66. The summed E-state index contributed by atoms with van der Waals surface area (Å²) >= 11 is 3.50. The summed E-state index contributed by atoms with van der Waals surface area (Å²) in [6.07, 6.45) is -1.29. The second-order valence-corrected chi connectivity index (χ2v) is 12.3. The van der Waals surface area contributed by atoms with Crippen molar-refractivity contribution >= 4 is 44.0 Å². The first-order chi connectivity index (χ1) is 18.2. The van der Waals surface area contributed by atoms with Crippen LogP contribution in [0.1, 0.15) is 60.1 Å². The number of aromatic amines is 1. The zero-order valence-electron chi connectivity index (χ0n) is 22.9. The molecule has 10 heteroatoms. The minimum atomic E-state index is -2.87. The van der Waals surface area contributed by atoms with Crippen LogP contribution in [-0.2, 0) is 4.74 Å². The number of benzene rings is 1. The van der Waals surface area contributed by atoms with E-state index in [9.17, 15) is 13.6 Å². The normalized spacial score (nSPS) is 13.7. The van der Waals surface area contributed by atoms with E-state index in [0.717, 1.165) is 20.8 Å². The Morgan fingerprint density at radius 1 is 1.13 bits per heavy atom. The van der Waals surface area contributed by atoms with Crippen LogP contribution < -0.4 is 10.1 Å². The van der Waals surface area contributed by atoms with Crippen molar-refractivity contribution in [3.63, 3.8) is 0 Å². The number of hydrogen-bond acceptors (Lipinski definition) is 5. The van der Waals surface area contributed by atoms with Crippen LogP contribution in [0.5, 0.6) is 5.75 Å². The Bertz CT molecular complexity index is 1500. The molecule has 39 heavy (non-hydrogen) atoms. The van der Waals surface area contributed by atoms with Gasteiger partial charge in [-0.3, -0.25) is 0 Å². The average Bonchev–Trinajstić information content (AvgIpc) is 3.18. The van der Waals surface area contributed by atoms with Gasteiger partial charge in [0, 0.05) is 32.5 Å². The van der Waals surface area contributed by atoms with Crippen molar-refractivity contribution in [2.24, 2.45) is 5.92 Å². The Morgan fingerprint density at radius 3 is 2.54 bits per heavy atom. The molecule has 0 spiro atoms. The van der Waals surface area contributed by atoms with Crippen LogP contribution >= 0.6 is 15.9 Å². The van der Waals surface area contributed by atoms with Gasteiger partial charge in [0.1, 0.15) is 29.3 Å². The first-order valence-electron chi connectivity index (χ1n) is 12.7. The van der Waals surface area contributed by atoms with E-state index in [4.69, 9.17) is 9.47 Å². The third-order valence-corrected chi connectivity index (χ3v) is 6.52. The number of hydrogen-bond donors (Lipinski definition) is 2. The van der Waals surface area contributed by atoms with E-state index in [1.807, 2.05) is 39.0 Å². The van der Waals surface area contributed by atoms with E-state index >= 15 is 0 Å². The number of ether oxygens (including phenoxy) is 2. The number of nitrogens with zero attached hydrogens (tertiary/aromatic N) is 2. The standard InChI is InChI=1S/C29H33BrF2N4O3/c1-16(2)14-29(6,36-27(37)39-28(3,4)5)15-38-22-10-9-20(34-24(22)25(31)32)18-11-12-33-26-23(18)19-13-17(30)7-8-21(19)35-26/h7-13,16,25H,14-15H2,1-6H3,(H,33,35)(H,36,37)/t29-/m0/s1. The SMILES string of the molecule is CC(C)C[C@@](C)(COc1ccc(-c2ccnc3[nH]c4ccc(Br)cc4c23)nc1C(F)F)NC(=O)OC(C)(C)C. The summed E-state index contributed by atoms with van der Waals surface area (Å²) in [5.41, 5.74) is 0.567. The number of alkyl halides is 2. The van der Waals surface area contributed by atoms with E-state index in [2.05, 4.69) is 36.2 Å². The molecule has 208 valence electrons. The molecular weight excluding hydrogens is 570 g/mol. The Labute approximate surface area is 234 Å². The van der Waals surface area contributed by atoms with Crippen molar-refractivity contribution in [1.29, 1.82) is 0 Å². The smallest absolute Gasteiger partial charge is 0.408 e. The van der Waals surface area contributed by atoms with E-state index in [1.165, 1.54) is 6.07 Å². The van der Waals surface area contributed by atoms with Crippen molar-refractivity contribution in [2.45, 2.75) is 65.5 Å². The number of amides is 1. The number of rotatable bonds is 8. The lowest BCUT2D eigenvalue weighted by atomic mass is 9.91. The largest absolute Gasteiger partial charge is 0.489 e. The maximum absolute atomic E-state index is 14.3. The van der Waals surface area contributed by atoms with Crippen molar-refractivity contribution in [3.8, 4) is 17.0 Å². The lowest BCUT2D eigenvalue weighted by Crippen LogP contribution is -2.52. The van der Waals surface area contributed by atoms with Crippen LogP contribution in [0.4, 0.5) is 13.6 Å². The number of fused-ring (bicyclic) bond motifs is 3. The molecule has 0 aliphatic carbocycles. The summed E-state index contributed by atoms with van der Waals surface area (Å²) in [5.74, 6) is 0.163. The number of aromatic nitrogens is 3. The van der Waals surface area contributed by atoms with Crippen molar-refractivity contribution in [1.82, 2.24) is 20.3 Å². The summed E-state index contributed by atoms with van der Waals surface area (Å²) in [6.45, 7) is 11.1. The van der Waals surface area contributed by atoms with Crippen LogP contribution in [0, 0.1) is 5.92 Å². The van der Waals surface area contributed by atoms with Gasteiger partial charge in [-0.1, -0.05) is 29.8 Å². The monoisotopic (exact) mass is 602 g/mol. The molecule has 4 rings (SSSR count). The lowest BCUT2D eigenvalue weighted by Gasteiger charge is -2.33. The fourth-order valence-corrected chi connectivity index (χ4v) is 5.09. The van der Waals surface area contributed by atoms with Gasteiger partial charge < -0.3 is 19.8 Å². The summed E-state index contributed by atoms with van der Waals surface area (Å²) < 4.78 is 40.7. The van der Waals surface area contributed by atoms with Crippen LogP contribution in [0.2, 0.25) is 0 Å². The van der Waals surface area contributed by atoms with Gasteiger partial charge in [0.05, 0.1) is 11.2 Å². The highest BCUT2D eigenvalue weighted by atomic mass is 79.9. The molecule has 1 atom stereocenters.